The Morgan fingerprint density at radius 2 is 1.88 bits per heavy atom. The molecule has 0 atom stereocenters. The number of aromatic nitrogens is 3. The third kappa shape index (κ3) is 4.31. The van der Waals surface area contributed by atoms with Crippen LogP contribution in [0.2, 0.25) is 5.02 Å². The molecule has 3 aromatic rings. The second-order valence-electron chi connectivity index (χ2n) is 5.03. The molecule has 134 valence electrons. The lowest BCUT2D eigenvalue weighted by atomic mass is 10.2. The number of amides is 1. The lowest BCUT2D eigenvalue weighted by Crippen LogP contribution is -2.17. The largest absolute Gasteiger partial charge is 0.573 e. The molecule has 10 heteroatoms. The third-order valence-corrected chi connectivity index (χ3v) is 3.46. The van der Waals surface area contributed by atoms with E-state index in [2.05, 4.69) is 20.1 Å². The molecule has 0 spiro atoms. The van der Waals surface area contributed by atoms with E-state index in [0.717, 1.165) is 12.1 Å². The second-order valence-corrected chi connectivity index (χ2v) is 5.46. The first-order valence-corrected chi connectivity index (χ1v) is 7.51. The van der Waals surface area contributed by atoms with E-state index in [-0.39, 0.29) is 5.56 Å². The van der Waals surface area contributed by atoms with E-state index in [0.29, 0.717) is 16.4 Å². The molecule has 0 fully saturated rings. The molecule has 0 bridgehead atoms. The normalized spacial score (nSPS) is 11.2. The van der Waals surface area contributed by atoms with Crippen molar-refractivity contribution in [2.75, 3.05) is 5.32 Å². The average molecular weight is 383 g/mol. The second kappa shape index (κ2) is 7.04. The summed E-state index contributed by atoms with van der Waals surface area (Å²) < 4.78 is 41.7. The van der Waals surface area contributed by atoms with Crippen LogP contribution < -0.4 is 10.1 Å². The highest BCUT2D eigenvalue weighted by Gasteiger charge is 2.31. The van der Waals surface area contributed by atoms with Crippen molar-refractivity contribution in [3.63, 3.8) is 0 Å². The standard InChI is InChI=1S/C16H10ClF3N4O2/c17-11-3-6-14(24-9-21-8-22-24)13(7-11)23-15(25)10-1-4-12(5-2-10)26-16(18,19)20/h1-9H,(H,23,25). The summed E-state index contributed by atoms with van der Waals surface area (Å²) in [5.74, 6) is -0.952. The Bertz CT molecular complexity index is 912. The van der Waals surface area contributed by atoms with Crippen LogP contribution in [0.3, 0.4) is 0 Å². The molecule has 0 radical (unpaired) electrons. The zero-order valence-corrected chi connectivity index (χ0v) is 13.6. The van der Waals surface area contributed by atoms with E-state index in [1.54, 1.807) is 12.1 Å². The molecule has 0 saturated carbocycles. The van der Waals surface area contributed by atoms with Crippen molar-refractivity contribution in [3.8, 4) is 11.4 Å². The number of alkyl halides is 3. The Morgan fingerprint density at radius 3 is 2.50 bits per heavy atom. The van der Waals surface area contributed by atoms with Crippen LogP contribution in [0, 0.1) is 0 Å². The summed E-state index contributed by atoms with van der Waals surface area (Å²) in [4.78, 5) is 16.2. The maximum absolute atomic E-state index is 12.4. The quantitative estimate of drug-likeness (QED) is 0.738. The van der Waals surface area contributed by atoms with E-state index in [4.69, 9.17) is 11.6 Å². The first kappa shape index (κ1) is 17.7. The van der Waals surface area contributed by atoms with Crippen LogP contribution in [0.5, 0.6) is 5.75 Å². The van der Waals surface area contributed by atoms with Gasteiger partial charge in [0, 0.05) is 10.6 Å². The molecule has 1 aromatic heterocycles. The van der Waals surface area contributed by atoms with Gasteiger partial charge in [-0.25, -0.2) is 9.67 Å². The highest BCUT2D eigenvalue weighted by molar-refractivity contribution is 6.31. The van der Waals surface area contributed by atoms with Crippen LogP contribution in [0.1, 0.15) is 10.4 Å². The minimum atomic E-state index is -4.79. The van der Waals surface area contributed by atoms with Crippen LogP contribution >= 0.6 is 11.6 Å². The zero-order chi connectivity index (χ0) is 18.7. The van der Waals surface area contributed by atoms with Gasteiger partial charge in [-0.05, 0) is 42.5 Å². The van der Waals surface area contributed by atoms with Gasteiger partial charge in [0.15, 0.2) is 0 Å². The molecule has 0 aliphatic rings. The fourth-order valence-electron chi connectivity index (χ4n) is 2.14. The van der Waals surface area contributed by atoms with Crippen molar-refractivity contribution in [1.29, 1.82) is 0 Å². The number of halogens is 4. The summed E-state index contributed by atoms with van der Waals surface area (Å²) in [5, 5.41) is 7.03. The number of nitrogens with one attached hydrogen (secondary N) is 1. The number of nitrogens with zero attached hydrogens (tertiary/aromatic N) is 3. The lowest BCUT2D eigenvalue weighted by Gasteiger charge is -2.12. The van der Waals surface area contributed by atoms with Gasteiger partial charge in [-0.1, -0.05) is 11.6 Å². The summed E-state index contributed by atoms with van der Waals surface area (Å²) in [5.41, 5.74) is 1.03. The number of rotatable bonds is 4. The van der Waals surface area contributed by atoms with Gasteiger partial charge in [-0.15, -0.1) is 13.2 Å². The van der Waals surface area contributed by atoms with Crippen molar-refractivity contribution in [3.05, 3.63) is 65.7 Å². The maximum Gasteiger partial charge on any atom is 0.573 e. The minimum Gasteiger partial charge on any atom is -0.406 e. The van der Waals surface area contributed by atoms with Crippen LogP contribution in [0.15, 0.2) is 55.1 Å². The predicted molar refractivity (Wildman–Crippen MR) is 87.4 cm³/mol. The number of ether oxygens (including phenoxy) is 1. The molecule has 3 rings (SSSR count). The molecule has 0 aliphatic heterocycles. The van der Waals surface area contributed by atoms with Crippen LogP contribution in [-0.4, -0.2) is 27.0 Å². The van der Waals surface area contributed by atoms with Gasteiger partial charge < -0.3 is 10.1 Å². The minimum absolute atomic E-state index is 0.143. The Balaban J connectivity index is 1.81. The van der Waals surface area contributed by atoms with Crippen LogP contribution in [0.4, 0.5) is 18.9 Å². The summed E-state index contributed by atoms with van der Waals surface area (Å²) in [6.45, 7) is 0. The van der Waals surface area contributed by atoms with Crippen molar-refractivity contribution < 1.29 is 22.7 Å². The van der Waals surface area contributed by atoms with E-state index >= 15 is 0 Å². The molecule has 26 heavy (non-hydrogen) atoms. The fourth-order valence-corrected chi connectivity index (χ4v) is 2.32. The maximum atomic E-state index is 12.4. The fraction of sp³-hybridized carbons (Fsp3) is 0.0625. The molecular formula is C16H10ClF3N4O2. The zero-order valence-electron chi connectivity index (χ0n) is 12.9. The number of hydrogen-bond donors (Lipinski definition) is 1. The highest BCUT2D eigenvalue weighted by Crippen LogP contribution is 2.26. The van der Waals surface area contributed by atoms with Crippen molar-refractivity contribution in [2.45, 2.75) is 6.36 Å². The Morgan fingerprint density at radius 1 is 1.15 bits per heavy atom. The first-order valence-electron chi connectivity index (χ1n) is 7.13. The lowest BCUT2D eigenvalue weighted by molar-refractivity contribution is -0.274. The van der Waals surface area contributed by atoms with Crippen molar-refractivity contribution in [1.82, 2.24) is 14.8 Å². The number of carbonyl (C=O) groups is 1. The molecule has 2 aromatic carbocycles. The van der Waals surface area contributed by atoms with Gasteiger partial charge in [-0.3, -0.25) is 4.79 Å². The molecule has 0 saturated heterocycles. The van der Waals surface area contributed by atoms with Gasteiger partial charge >= 0.3 is 6.36 Å². The van der Waals surface area contributed by atoms with Gasteiger partial charge in [-0.2, -0.15) is 5.10 Å². The predicted octanol–water partition coefficient (Wildman–Crippen LogP) is 4.07. The molecule has 0 unspecified atom stereocenters. The van der Waals surface area contributed by atoms with Crippen molar-refractivity contribution >= 4 is 23.2 Å². The average Bonchev–Trinajstić information content (AvgIpc) is 3.08. The Kier molecular flexibility index (Phi) is 4.81. The number of hydrogen-bond acceptors (Lipinski definition) is 4. The van der Waals surface area contributed by atoms with Gasteiger partial charge in [0.1, 0.15) is 18.4 Å². The van der Waals surface area contributed by atoms with Crippen molar-refractivity contribution in [2.24, 2.45) is 0 Å². The monoisotopic (exact) mass is 382 g/mol. The Hall–Kier alpha value is -3.07. The van der Waals surface area contributed by atoms with E-state index in [1.807, 2.05) is 0 Å². The van der Waals surface area contributed by atoms with E-state index in [9.17, 15) is 18.0 Å². The first-order chi connectivity index (χ1) is 12.3. The molecule has 1 amide bonds. The smallest absolute Gasteiger partial charge is 0.406 e. The third-order valence-electron chi connectivity index (χ3n) is 3.22. The summed E-state index contributed by atoms with van der Waals surface area (Å²) in [6.07, 6.45) is -2.01. The number of benzene rings is 2. The summed E-state index contributed by atoms with van der Waals surface area (Å²) in [6, 6.07) is 9.34. The number of carbonyl (C=O) groups excluding carboxylic acids is 1. The molecule has 0 aliphatic carbocycles. The van der Waals surface area contributed by atoms with Crippen LogP contribution in [-0.2, 0) is 0 Å². The highest BCUT2D eigenvalue weighted by atomic mass is 35.5. The molecule has 6 nitrogen and oxygen atoms in total. The molecular weight excluding hydrogens is 373 g/mol. The van der Waals surface area contributed by atoms with E-state index in [1.165, 1.54) is 35.5 Å². The number of anilines is 1. The Labute approximate surface area is 150 Å². The van der Waals surface area contributed by atoms with Gasteiger partial charge in [0.2, 0.25) is 0 Å². The summed E-state index contributed by atoms with van der Waals surface area (Å²) in [7, 11) is 0. The topological polar surface area (TPSA) is 69.0 Å². The van der Waals surface area contributed by atoms with Gasteiger partial charge in [0.25, 0.3) is 5.91 Å². The van der Waals surface area contributed by atoms with E-state index < -0.39 is 18.0 Å². The molecule has 1 N–H and O–H groups in total. The van der Waals surface area contributed by atoms with Crippen LogP contribution in [0.25, 0.3) is 5.69 Å². The SMILES string of the molecule is O=C(Nc1cc(Cl)ccc1-n1cncn1)c1ccc(OC(F)(F)F)cc1. The van der Waals surface area contributed by atoms with Gasteiger partial charge in [0.05, 0.1) is 11.4 Å². The molecule has 1 heterocycles. The summed E-state index contributed by atoms with van der Waals surface area (Å²) >= 11 is 5.97.